The maximum atomic E-state index is 13.1. The molecule has 1 saturated heterocycles. The van der Waals surface area contributed by atoms with Gasteiger partial charge in [-0.15, -0.1) is 0 Å². The Bertz CT molecular complexity index is 1120. The zero-order valence-electron chi connectivity index (χ0n) is 19.4. The van der Waals surface area contributed by atoms with Crippen LogP contribution >= 0.6 is 0 Å². The minimum absolute atomic E-state index is 0.176. The molecule has 0 spiro atoms. The normalized spacial score (nSPS) is 16.1. The molecular weight excluding hydrogens is 417 g/mol. The van der Waals surface area contributed by atoms with E-state index < -0.39 is 0 Å². The molecule has 3 heterocycles. The van der Waals surface area contributed by atoms with E-state index in [-0.39, 0.29) is 17.8 Å². The Hall–Kier alpha value is -3.32. The average Bonchev–Trinajstić information content (AvgIpc) is 3.27. The highest BCUT2D eigenvalue weighted by atomic mass is 19.1. The van der Waals surface area contributed by atoms with Crippen LogP contribution in [0.2, 0.25) is 0 Å². The number of hydrogen-bond acceptors (Lipinski definition) is 5. The average molecular weight is 448 g/mol. The summed E-state index contributed by atoms with van der Waals surface area (Å²) in [6, 6.07) is 14.3. The first kappa shape index (κ1) is 22.9. The Labute approximate surface area is 194 Å². The fourth-order valence-electron chi connectivity index (χ4n) is 4.41. The van der Waals surface area contributed by atoms with Crippen LogP contribution in [0.5, 0.6) is 0 Å². The van der Waals surface area contributed by atoms with Crippen molar-refractivity contribution in [1.82, 2.24) is 20.2 Å². The van der Waals surface area contributed by atoms with Crippen LogP contribution < -0.4 is 10.2 Å². The van der Waals surface area contributed by atoms with Crippen molar-refractivity contribution < 1.29 is 9.18 Å². The number of carbonyl (C=O) groups excluding carboxylic acids is 1. The number of pyridine rings is 2. The molecule has 1 N–H and O–H groups in total. The molecule has 0 bridgehead atoms. The zero-order chi connectivity index (χ0) is 23.4. The summed E-state index contributed by atoms with van der Waals surface area (Å²) in [6.07, 6.45) is 3.98. The van der Waals surface area contributed by atoms with E-state index in [1.807, 2.05) is 50.3 Å². The Balaban J connectivity index is 1.45. The Morgan fingerprint density at radius 3 is 2.70 bits per heavy atom. The lowest BCUT2D eigenvalue weighted by Gasteiger charge is -2.26. The molecule has 1 amide bonds. The third-order valence-electron chi connectivity index (χ3n) is 6.09. The van der Waals surface area contributed by atoms with Crippen LogP contribution in [0.25, 0.3) is 0 Å². The predicted octanol–water partition coefficient (Wildman–Crippen LogP) is 4.26. The molecule has 1 aliphatic heterocycles. The number of aromatic nitrogens is 2. The number of benzene rings is 1. The number of rotatable bonds is 7. The first-order valence-corrected chi connectivity index (χ1v) is 11.3. The maximum Gasteiger partial charge on any atom is 0.253 e. The van der Waals surface area contributed by atoms with Crippen LogP contribution in [0, 0.1) is 12.7 Å². The van der Waals surface area contributed by atoms with Gasteiger partial charge < -0.3 is 10.2 Å². The van der Waals surface area contributed by atoms with Crippen molar-refractivity contribution in [2.45, 2.75) is 38.9 Å². The van der Waals surface area contributed by atoms with Crippen LogP contribution in [-0.4, -0.2) is 41.4 Å². The molecule has 0 saturated carbocycles. The lowest BCUT2D eigenvalue weighted by atomic mass is 10.1. The first-order chi connectivity index (χ1) is 15.9. The molecule has 6 nitrogen and oxygen atoms in total. The van der Waals surface area contributed by atoms with Crippen LogP contribution in [0.15, 0.2) is 54.7 Å². The SMILES string of the molecule is Cc1nc(C2CCCN2Cc2cccnc2N(C)C)ccc1C(=O)NCc1ccc(F)cc1. The number of likely N-dealkylation sites (tertiary alicyclic amines) is 1. The molecule has 4 rings (SSSR count). The first-order valence-electron chi connectivity index (χ1n) is 11.3. The lowest BCUT2D eigenvalue weighted by molar-refractivity contribution is 0.0949. The molecule has 1 aromatic carbocycles. The number of anilines is 1. The van der Waals surface area contributed by atoms with Gasteiger partial charge in [-0.05, 0) is 62.2 Å². The van der Waals surface area contributed by atoms with E-state index in [1.54, 1.807) is 12.1 Å². The van der Waals surface area contributed by atoms with Gasteiger partial charge in [-0.25, -0.2) is 9.37 Å². The van der Waals surface area contributed by atoms with Gasteiger partial charge in [0.2, 0.25) is 0 Å². The third kappa shape index (κ3) is 5.37. The van der Waals surface area contributed by atoms with Gasteiger partial charge in [0, 0.05) is 38.9 Å². The standard InChI is InChI=1S/C26H30FN5O/c1-18-22(26(33)29-16-19-8-10-21(27)11-9-19)12-13-23(30-18)24-7-5-15-32(24)17-20-6-4-14-28-25(20)31(2)3/h4,6,8-14,24H,5,7,15-17H2,1-3H3,(H,29,33). The number of amides is 1. The van der Waals surface area contributed by atoms with Crippen LogP contribution in [0.3, 0.4) is 0 Å². The smallest absolute Gasteiger partial charge is 0.253 e. The Morgan fingerprint density at radius 1 is 1.18 bits per heavy atom. The zero-order valence-corrected chi connectivity index (χ0v) is 19.4. The van der Waals surface area contributed by atoms with E-state index in [4.69, 9.17) is 4.98 Å². The van der Waals surface area contributed by atoms with Crippen LogP contribution in [0.1, 0.15) is 51.8 Å². The second-order valence-electron chi connectivity index (χ2n) is 8.69. The van der Waals surface area contributed by atoms with Gasteiger partial charge in [0.25, 0.3) is 5.91 Å². The molecule has 1 atom stereocenters. The van der Waals surface area contributed by atoms with Gasteiger partial charge in [-0.1, -0.05) is 18.2 Å². The topological polar surface area (TPSA) is 61.4 Å². The van der Waals surface area contributed by atoms with E-state index in [0.29, 0.717) is 17.8 Å². The van der Waals surface area contributed by atoms with E-state index in [9.17, 15) is 9.18 Å². The molecular formula is C26H30FN5O. The summed E-state index contributed by atoms with van der Waals surface area (Å²) in [5.74, 6) is 0.522. The van der Waals surface area contributed by atoms with E-state index >= 15 is 0 Å². The largest absolute Gasteiger partial charge is 0.362 e. The summed E-state index contributed by atoms with van der Waals surface area (Å²) in [5.41, 5.74) is 4.32. The van der Waals surface area contributed by atoms with Crippen molar-refractivity contribution in [3.05, 3.63) is 88.6 Å². The highest BCUT2D eigenvalue weighted by Crippen LogP contribution is 2.33. The van der Waals surface area contributed by atoms with Gasteiger partial charge in [0.1, 0.15) is 11.6 Å². The van der Waals surface area contributed by atoms with Gasteiger partial charge in [0.15, 0.2) is 0 Å². The summed E-state index contributed by atoms with van der Waals surface area (Å²) in [4.78, 5) is 26.5. The second-order valence-corrected chi connectivity index (χ2v) is 8.69. The van der Waals surface area contributed by atoms with Crippen LogP contribution in [0.4, 0.5) is 10.2 Å². The van der Waals surface area contributed by atoms with Crippen molar-refractivity contribution in [3.63, 3.8) is 0 Å². The van der Waals surface area contributed by atoms with Crippen molar-refractivity contribution in [1.29, 1.82) is 0 Å². The summed E-state index contributed by atoms with van der Waals surface area (Å²) < 4.78 is 13.1. The molecule has 33 heavy (non-hydrogen) atoms. The van der Waals surface area contributed by atoms with Gasteiger partial charge in [-0.2, -0.15) is 0 Å². The fourth-order valence-corrected chi connectivity index (χ4v) is 4.41. The Kier molecular flexibility index (Phi) is 6.99. The van der Waals surface area contributed by atoms with Crippen molar-refractivity contribution in [2.75, 3.05) is 25.5 Å². The molecule has 7 heteroatoms. The van der Waals surface area contributed by atoms with Crippen molar-refractivity contribution >= 4 is 11.7 Å². The predicted molar refractivity (Wildman–Crippen MR) is 127 cm³/mol. The van der Waals surface area contributed by atoms with Crippen LogP contribution in [-0.2, 0) is 13.1 Å². The second kappa shape index (κ2) is 10.1. The van der Waals surface area contributed by atoms with Gasteiger partial charge >= 0.3 is 0 Å². The number of carbonyl (C=O) groups is 1. The quantitative estimate of drug-likeness (QED) is 0.587. The summed E-state index contributed by atoms with van der Waals surface area (Å²) in [5, 5.41) is 2.90. The lowest BCUT2D eigenvalue weighted by Crippen LogP contribution is -2.26. The molecule has 172 valence electrons. The highest BCUT2D eigenvalue weighted by molar-refractivity contribution is 5.95. The number of hydrogen-bond donors (Lipinski definition) is 1. The number of aryl methyl sites for hydroxylation is 1. The molecule has 3 aromatic rings. The summed E-state index contributed by atoms with van der Waals surface area (Å²) >= 11 is 0. The van der Waals surface area contributed by atoms with E-state index in [0.717, 1.165) is 43.0 Å². The fraction of sp³-hybridized carbons (Fsp3) is 0.346. The minimum Gasteiger partial charge on any atom is -0.362 e. The number of halogens is 1. The molecule has 1 aliphatic rings. The molecule has 0 radical (unpaired) electrons. The monoisotopic (exact) mass is 447 g/mol. The van der Waals surface area contributed by atoms with E-state index in [1.165, 1.54) is 17.7 Å². The van der Waals surface area contributed by atoms with Gasteiger partial charge in [-0.3, -0.25) is 14.7 Å². The van der Waals surface area contributed by atoms with E-state index in [2.05, 4.69) is 21.3 Å². The number of nitrogens with zero attached hydrogens (tertiary/aromatic N) is 4. The van der Waals surface area contributed by atoms with Crippen molar-refractivity contribution in [2.24, 2.45) is 0 Å². The van der Waals surface area contributed by atoms with Gasteiger partial charge in [0.05, 0.1) is 23.0 Å². The number of nitrogens with one attached hydrogen (secondary N) is 1. The third-order valence-corrected chi connectivity index (χ3v) is 6.09. The maximum absolute atomic E-state index is 13.1. The molecule has 1 unspecified atom stereocenters. The Morgan fingerprint density at radius 2 is 1.97 bits per heavy atom. The minimum atomic E-state index is -0.289. The van der Waals surface area contributed by atoms with Crippen molar-refractivity contribution in [3.8, 4) is 0 Å². The molecule has 0 aliphatic carbocycles. The molecule has 1 fully saturated rings. The molecule has 2 aromatic heterocycles. The summed E-state index contributed by atoms with van der Waals surface area (Å²) in [6.45, 7) is 4.04. The highest BCUT2D eigenvalue weighted by Gasteiger charge is 2.28. The summed E-state index contributed by atoms with van der Waals surface area (Å²) in [7, 11) is 4.02.